The maximum atomic E-state index is 13.0. The Morgan fingerprint density at radius 3 is 2.70 bits per heavy atom. The second-order valence-corrected chi connectivity index (χ2v) is 8.30. The average molecular weight is 442 g/mol. The number of para-hydroxylation sites is 1. The van der Waals surface area contributed by atoms with E-state index in [1.54, 1.807) is 18.7 Å². The number of carbonyl (C=O) groups excluding carboxylic acids is 1. The minimum atomic E-state index is -0.418. The van der Waals surface area contributed by atoms with Crippen molar-refractivity contribution < 1.29 is 9.53 Å². The molecule has 0 bridgehead atoms. The number of nitrogens with one attached hydrogen (secondary N) is 1. The highest BCUT2D eigenvalue weighted by Crippen LogP contribution is 2.39. The van der Waals surface area contributed by atoms with Crippen LogP contribution < -0.4 is 15.6 Å². The smallest absolute Gasteiger partial charge is 0.279 e. The molecule has 1 amide bonds. The van der Waals surface area contributed by atoms with E-state index in [9.17, 15) is 9.59 Å². The molecule has 1 unspecified atom stereocenters. The average Bonchev–Trinajstić information content (AvgIpc) is 2.75. The first-order chi connectivity index (χ1) is 14.5. The lowest BCUT2D eigenvalue weighted by molar-refractivity contribution is -0.116. The maximum absolute atomic E-state index is 13.0. The van der Waals surface area contributed by atoms with Gasteiger partial charge in [0.15, 0.2) is 5.16 Å². The van der Waals surface area contributed by atoms with Crippen molar-refractivity contribution in [3.8, 4) is 5.75 Å². The van der Waals surface area contributed by atoms with Gasteiger partial charge in [-0.2, -0.15) is 4.98 Å². The third-order valence-corrected chi connectivity index (χ3v) is 6.58. The van der Waals surface area contributed by atoms with Crippen LogP contribution in [0.2, 0.25) is 5.02 Å². The predicted octanol–water partition coefficient (Wildman–Crippen LogP) is 4.21. The van der Waals surface area contributed by atoms with Crippen LogP contribution in [0, 0.1) is 0 Å². The first-order valence-corrected chi connectivity index (χ1v) is 10.8. The third-order valence-electron chi connectivity index (χ3n) is 5.13. The summed E-state index contributed by atoms with van der Waals surface area (Å²) >= 11 is 7.64. The summed E-state index contributed by atoms with van der Waals surface area (Å²) in [7, 11) is 3.37. The van der Waals surface area contributed by atoms with Crippen LogP contribution in [0.15, 0.2) is 58.5 Å². The zero-order valence-electron chi connectivity index (χ0n) is 16.5. The van der Waals surface area contributed by atoms with E-state index in [1.165, 1.54) is 11.8 Å². The van der Waals surface area contributed by atoms with Gasteiger partial charge in [-0.1, -0.05) is 59.8 Å². The number of halogens is 1. The predicted molar refractivity (Wildman–Crippen MR) is 119 cm³/mol. The van der Waals surface area contributed by atoms with Crippen LogP contribution in [0.4, 0.5) is 5.82 Å². The van der Waals surface area contributed by atoms with Crippen molar-refractivity contribution in [1.82, 2.24) is 9.55 Å². The fourth-order valence-corrected chi connectivity index (χ4v) is 4.89. The quantitative estimate of drug-likeness (QED) is 0.474. The zero-order valence-corrected chi connectivity index (χ0v) is 18.1. The lowest BCUT2D eigenvalue weighted by atomic mass is 9.86. The molecule has 2 heterocycles. The lowest BCUT2D eigenvalue weighted by Gasteiger charge is -2.28. The molecule has 1 atom stereocenters. The molecular formula is C22H20ClN3O3S. The molecule has 0 fully saturated rings. The number of benzene rings is 2. The van der Waals surface area contributed by atoms with E-state index in [0.29, 0.717) is 33.1 Å². The number of hydrogen-bond donors (Lipinski definition) is 1. The topological polar surface area (TPSA) is 73.2 Å². The van der Waals surface area contributed by atoms with Crippen molar-refractivity contribution in [2.24, 2.45) is 7.05 Å². The highest BCUT2D eigenvalue weighted by Gasteiger charge is 2.33. The van der Waals surface area contributed by atoms with E-state index in [-0.39, 0.29) is 17.9 Å². The van der Waals surface area contributed by atoms with Crippen molar-refractivity contribution >= 4 is 35.1 Å². The Morgan fingerprint density at radius 1 is 1.20 bits per heavy atom. The van der Waals surface area contributed by atoms with Crippen LogP contribution in [-0.4, -0.2) is 22.6 Å². The summed E-state index contributed by atoms with van der Waals surface area (Å²) in [5.74, 6) is 1.11. The lowest BCUT2D eigenvalue weighted by Crippen LogP contribution is -2.33. The third kappa shape index (κ3) is 3.82. The van der Waals surface area contributed by atoms with Gasteiger partial charge >= 0.3 is 0 Å². The SMILES string of the molecule is COc1ccccc1C1CC(=O)Nc2c1c(=O)nc(SCc1ccccc1Cl)n2C. The van der Waals surface area contributed by atoms with E-state index in [4.69, 9.17) is 16.3 Å². The number of fused-ring (bicyclic) bond motifs is 1. The van der Waals surface area contributed by atoms with Gasteiger partial charge in [0.2, 0.25) is 5.91 Å². The van der Waals surface area contributed by atoms with Crippen molar-refractivity contribution in [2.45, 2.75) is 23.2 Å². The molecule has 1 aliphatic heterocycles. The molecule has 4 rings (SSSR count). The highest BCUT2D eigenvalue weighted by molar-refractivity contribution is 7.98. The molecule has 6 nitrogen and oxygen atoms in total. The van der Waals surface area contributed by atoms with Gasteiger partial charge in [0.1, 0.15) is 11.6 Å². The number of hydrogen-bond acceptors (Lipinski definition) is 5. The summed E-state index contributed by atoms with van der Waals surface area (Å²) in [6, 6.07) is 15.0. The Labute approximate surface area is 183 Å². The van der Waals surface area contributed by atoms with E-state index < -0.39 is 5.92 Å². The Kier molecular flexibility index (Phi) is 5.83. The number of amides is 1. The molecule has 1 aliphatic rings. The first kappa shape index (κ1) is 20.5. The fourth-order valence-electron chi connectivity index (χ4n) is 3.64. The van der Waals surface area contributed by atoms with Gasteiger partial charge in [-0.05, 0) is 17.7 Å². The molecule has 30 heavy (non-hydrogen) atoms. The molecule has 8 heteroatoms. The first-order valence-electron chi connectivity index (χ1n) is 9.39. The molecule has 0 saturated heterocycles. The van der Waals surface area contributed by atoms with Crippen LogP contribution in [0.1, 0.15) is 29.0 Å². The molecule has 2 aromatic carbocycles. The van der Waals surface area contributed by atoms with Crippen molar-refractivity contribution in [3.05, 3.63) is 80.6 Å². The Hall–Kier alpha value is -2.77. The second-order valence-electron chi connectivity index (χ2n) is 6.95. The highest BCUT2D eigenvalue weighted by atomic mass is 35.5. The van der Waals surface area contributed by atoms with Gasteiger partial charge in [-0.25, -0.2) is 0 Å². The fraction of sp³-hybridized carbons (Fsp3) is 0.227. The van der Waals surface area contributed by atoms with Crippen molar-refractivity contribution in [1.29, 1.82) is 0 Å². The van der Waals surface area contributed by atoms with Gasteiger partial charge in [0.05, 0.1) is 12.7 Å². The molecule has 1 N–H and O–H groups in total. The maximum Gasteiger partial charge on any atom is 0.279 e. The van der Waals surface area contributed by atoms with Crippen molar-refractivity contribution in [3.63, 3.8) is 0 Å². The largest absolute Gasteiger partial charge is 0.496 e. The summed E-state index contributed by atoms with van der Waals surface area (Å²) in [6.07, 6.45) is 0.163. The van der Waals surface area contributed by atoms with Gasteiger partial charge < -0.3 is 14.6 Å². The van der Waals surface area contributed by atoms with Crippen LogP contribution >= 0.6 is 23.4 Å². The number of carbonyl (C=O) groups is 1. The van der Waals surface area contributed by atoms with Gasteiger partial charge in [0.25, 0.3) is 5.56 Å². The summed E-state index contributed by atoms with van der Waals surface area (Å²) < 4.78 is 7.23. The van der Waals surface area contributed by atoms with Crippen LogP contribution in [-0.2, 0) is 17.6 Å². The van der Waals surface area contributed by atoms with Crippen LogP contribution in [0.5, 0.6) is 5.75 Å². The Morgan fingerprint density at radius 2 is 1.93 bits per heavy atom. The molecule has 1 aromatic heterocycles. The monoisotopic (exact) mass is 441 g/mol. The summed E-state index contributed by atoms with van der Waals surface area (Å²) in [5, 5.41) is 4.04. The van der Waals surface area contributed by atoms with Crippen LogP contribution in [0.3, 0.4) is 0 Å². The molecular weight excluding hydrogens is 422 g/mol. The number of nitrogens with zero attached hydrogens (tertiary/aromatic N) is 2. The normalized spacial score (nSPS) is 15.4. The van der Waals surface area contributed by atoms with Gasteiger partial charge in [-0.15, -0.1) is 0 Å². The van der Waals surface area contributed by atoms with Gasteiger partial charge in [-0.3, -0.25) is 9.59 Å². The molecule has 0 saturated carbocycles. The summed E-state index contributed by atoms with van der Waals surface area (Å²) in [5.41, 5.74) is 1.88. The number of ether oxygens (including phenoxy) is 1. The van der Waals surface area contributed by atoms with E-state index in [0.717, 1.165) is 11.1 Å². The van der Waals surface area contributed by atoms with E-state index in [1.807, 2.05) is 48.5 Å². The van der Waals surface area contributed by atoms with Crippen LogP contribution in [0.25, 0.3) is 0 Å². The number of anilines is 1. The molecule has 154 valence electrons. The molecule has 0 spiro atoms. The number of thioether (sulfide) groups is 1. The summed E-state index contributed by atoms with van der Waals surface area (Å²) in [6.45, 7) is 0. The number of aromatic nitrogens is 2. The van der Waals surface area contributed by atoms with E-state index >= 15 is 0 Å². The number of methoxy groups -OCH3 is 1. The number of rotatable bonds is 5. The standard InChI is InChI=1S/C22H20ClN3O3S/c1-26-20-19(15(11-18(27)24-20)14-8-4-6-10-17(14)29-2)21(28)25-22(26)30-12-13-7-3-5-9-16(13)23/h3-10,15H,11-12H2,1-2H3,(H,24,27). The molecule has 0 radical (unpaired) electrons. The minimum absolute atomic E-state index is 0.151. The second kappa shape index (κ2) is 8.53. The van der Waals surface area contributed by atoms with Crippen molar-refractivity contribution in [2.75, 3.05) is 12.4 Å². The molecule has 0 aliphatic carbocycles. The minimum Gasteiger partial charge on any atom is -0.496 e. The zero-order chi connectivity index (χ0) is 21.3. The summed E-state index contributed by atoms with van der Waals surface area (Å²) in [4.78, 5) is 29.9. The van der Waals surface area contributed by atoms with Gasteiger partial charge in [0, 0.05) is 35.7 Å². The van der Waals surface area contributed by atoms with E-state index in [2.05, 4.69) is 10.3 Å². The Bertz CT molecular complexity index is 1180. The molecule has 3 aromatic rings. The Balaban J connectivity index is 1.75.